The van der Waals surface area contributed by atoms with Gasteiger partial charge in [-0.3, -0.25) is 9.59 Å². The molecule has 0 aliphatic heterocycles. The van der Waals surface area contributed by atoms with Crippen LogP contribution in [0.2, 0.25) is 0 Å². The van der Waals surface area contributed by atoms with Gasteiger partial charge in [-0.25, -0.2) is 0 Å². The van der Waals surface area contributed by atoms with Crippen molar-refractivity contribution < 1.29 is 9.59 Å². The maximum atomic E-state index is 11.5. The van der Waals surface area contributed by atoms with Crippen molar-refractivity contribution in [3.8, 4) is 0 Å². The fourth-order valence-corrected chi connectivity index (χ4v) is 2.35. The van der Waals surface area contributed by atoms with Crippen LogP contribution >= 0.6 is 0 Å². The van der Waals surface area contributed by atoms with Crippen LogP contribution < -0.4 is 11.5 Å². The summed E-state index contributed by atoms with van der Waals surface area (Å²) in [4.78, 5) is 22.3. The normalized spacial score (nSPS) is 17.9. The molecule has 0 fully saturated rings. The first kappa shape index (κ1) is 12.4. The summed E-state index contributed by atoms with van der Waals surface area (Å²) in [5.74, 6) is -1.04. The Balaban J connectivity index is 2.04. The number of primary amides is 2. The van der Waals surface area contributed by atoms with Crippen LogP contribution in [0.15, 0.2) is 47.1 Å². The average molecular weight is 244 g/mol. The predicted octanol–water partition coefficient (Wildman–Crippen LogP) is 1.11. The third kappa shape index (κ3) is 2.42. The molecular weight excluding hydrogens is 228 g/mol. The van der Waals surface area contributed by atoms with Crippen molar-refractivity contribution in [1.82, 2.24) is 0 Å². The number of hydrogen-bond donors (Lipinski definition) is 2. The van der Waals surface area contributed by atoms with Crippen molar-refractivity contribution in [1.29, 1.82) is 0 Å². The van der Waals surface area contributed by atoms with Gasteiger partial charge in [0.15, 0.2) is 0 Å². The predicted molar refractivity (Wildman–Crippen MR) is 69.1 cm³/mol. The SMILES string of the molecule is NC(=O)CCCC(C(N)=O)C1=CC=C2C=CC=C21. The lowest BCUT2D eigenvalue weighted by Crippen LogP contribution is -2.25. The van der Waals surface area contributed by atoms with Gasteiger partial charge in [-0.1, -0.05) is 30.4 Å². The zero-order valence-corrected chi connectivity index (χ0v) is 10.1. The second-order valence-electron chi connectivity index (χ2n) is 4.50. The smallest absolute Gasteiger partial charge is 0.224 e. The number of nitrogens with two attached hydrogens (primary N) is 2. The molecule has 0 radical (unpaired) electrons. The van der Waals surface area contributed by atoms with Gasteiger partial charge in [0.1, 0.15) is 0 Å². The van der Waals surface area contributed by atoms with Gasteiger partial charge in [-0.05, 0) is 29.6 Å². The molecule has 1 unspecified atom stereocenters. The summed E-state index contributed by atoms with van der Waals surface area (Å²) in [5.41, 5.74) is 13.7. The Hall–Kier alpha value is -2.10. The van der Waals surface area contributed by atoms with Gasteiger partial charge in [0, 0.05) is 6.42 Å². The van der Waals surface area contributed by atoms with Crippen molar-refractivity contribution in [2.24, 2.45) is 17.4 Å². The Morgan fingerprint density at radius 1 is 1.17 bits per heavy atom. The minimum atomic E-state index is -0.354. The minimum Gasteiger partial charge on any atom is -0.370 e. The standard InChI is InChI=1S/C14H16N2O2/c15-13(17)6-2-5-12(14(16)18)11-8-7-9-3-1-4-10(9)11/h1,3-4,7-8,12H,2,5-6H2,(H2,15,17)(H2,16,18). The number of amides is 2. The number of rotatable bonds is 6. The van der Waals surface area contributed by atoms with E-state index >= 15 is 0 Å². The molecule has 2 rings (SSSR count). The largest absolute Gasteiger partial charge is 0.370 e. The molecule has 18 heavy (non-hydrogen) atoms. The van der Waals surface area contributed by atoms with Gasteiger partial charge in [-0.2, -0.15) is 0 Å². The highest BCUT2D eigenvalue weighted by atomic mass is 16.1. The van der Waals surface area contributed by atoms with Gasteiger partial charge in [-0.15, -0.1) is 0 Å². The van der Waals surface area contributed by atoms with Crippen LogP contribution in [0, 0.1) is 5.92 Å². The average Bonchev–Trinajstić information content (AvgIpc) is 2.86. The molecule has 2 aliphatic rings. The van der Waals surface area contributed by atoms with Gasteiger partial charge >= 0.3 is 0 Å². The van der Waals surface area contributed by atoms with Crippen LogP contribution in [-0.4, -0.2) is 11.8 Å². The molecule has 0 aromatic carbocycles. The van der Waals surface area contributed by atoms with E-state index in [1.807, 2.05) is 30.4 Å². The van der Waals surface area contributed by atoms with Gasteiger partial charge < -0.3 is 11.5 Å². The van der Waals surface area contributed by atoms with Crippen LogP contribution in [0.5, 0.6) is 0 Å². The van der Waals surface area contributed by atoms with E-state index in [1.165, 1.54) is 0 Å². The molecule has 0 aromatic heterocycles. The molecule has 0 heterocycles. The van der Waals surface area contributed by atoms with Gasteiger partial charge in [0.2, 0.25) is 11.8 Å². The third-order valence-corrected chi connectivity index (χ3v) is 3.24. The molecular formula is C14H16N2O2. The summed E-state index contributed by atoms with van der Waals surface area (Å²) < 4.78 is 0. The molecule has 0 saturated heterocycles. The molecule has 0 spiro atoms. The summed E-state index contributed by atoms with van der Waals surface area (Å²) in [6.07, 6.45) is 11.3. The van der Waals surface area contributed by atoms with Gasteiger partial charge in [0.25, 0.3) is 0 Å². The molecule has 0 aromatic rings. The van der Waals surface area contributed by atoms with E-state index in [0.29, 0.717) is 12.8 Å². The molecule has 0 bridgehead atoms. The van der Waals surface area contributed by atoms with E-state index in [-0.39, 0.29) is 24.2 Å². The number of carbonyl (C=O) groups is 2. The number of allylic oxidation sites excluding steroid dienone is 7. The Kier molecular flexibility index (Phi) is 3.46. The highest BCUT2D eigenvalue weighted by Crippen LogP contribution is 2.36. The fraction of sp³-hybridized carbons (Fsp3) is 0.286. The summed E-state index contributed by atoms with van der Waals surface area (Å²) in [6, 6.07) is 0. The molecule has 4 nitrogen and oxygen atoms in total. The molecule has 2 aliphatic carbocycles. The molecule has 0 saturated carbocycles. The van der Waals surface area contributed by atoms with E-state index in [0.717, 1.165) is 16.7 Å². The van der Waals surface area contributed by atoms with Crippen LogP contribution in [0.4, 0.5) is 0 Å². The van der Waals surface area contributed by atoms with Crippen molar-refractivity contribution in [2.75, 3.05) is 0 Å². The van der Waals surface area contributed by atoms with Crippen molar-refractivity contribution >= 4 is 11.8 Å². The van der Waals surface area contributed by atoms with E-state index < -0.39 is 0 Å². The lowest BCUT2D eigenvalue weighted by molar-refractivity contribution is -0.121. The summed E-state index contributed by atoms with van der Waals surface area (Å²) >= 11 is 0. The maximum Gasteiger partial charge on any atom is 0.224 e. The molecule has 94 valence electrons. The van der Waals surface area contributed by atoms with E-state index in [1.54, 1.807) is 0 Å². The lowest BCUT2D eigenvalue weighted by Gasteiger charge is -2.16. The number of carbonyl (C=O) groups excluding carboxylic acids is 2. The summed E-state index contributed by atoms with van der Waals surface area (Å²) in [5, 5.41) is 0. The molecule has 2 amide bonds. The highest BCUT2D eigenvalue weighted by Gasteiger charge is 2.27. The second-order valence-corrected chi connectivity index (χ2v) is 4.50. The van der Waals surface area contributed by atoms with Crippen molar-refractivity contribution in [2.45, 2.75) is 19.3 Å². The third-order valence-electron chi connectivity index (χ3n) is 3.24. The number of fused-ring (bicyclic) bond motifs is 1. The van der Waals surface area contributed by atoms with E-state index in [2.05, 4.69) is 0 Å². The minimum absolute atomic E-state index is 0.286. The van der Waals surface area contributed by atoms with Gasteiger partial charge in [0.05, 0.1) is 5.92 Å². The Bertz CT molecular complexity index is 510. The highest BCUT2D eigenvalue weighted by molar-refractivity contribution is 5.83. The first-order valence-corrected chi connectivity index (χ1v) is 5.98. The van der Waals surface area contributed by atoms with E-state index in [9.17, 15) is 9.59 Å². The second kappa shape index (κ2) is 5.04. The van der Waals surface area contributed by atoms with Crippen molar-refractivity contribution in [3.05, 3.63) is 47.1 Å². The monoisotopic (exact) mass is 244 g/mol. The molecule has 4 heteroatoms. The van der Waals surface area contributed by atoms with Crippen LogP contribution in [0.3, 0.4) is 0 Å². The number of hydrogen-bond acceptors (Lipinski definition) is 2. The van der Waals surface area contributed by atoms with Crippen LogP contribution in [-0.2, 0) is 9.59 Å². The fourth-order valence-electron chi connectivity index (χ4n) is 2.35. The Labute approximate surface area is 106 Å². The lowest BCUT2D eigenvalue weighted by atomic mass is 9.88. The first-order chi connectivity index (χ1) is 8.59. The van der Waals surface area contributed by atoms with Crippen molar-refractivity contribution in [3.63, 3.8) is 0 Å². The maximum absolute atomic E-state index is 11.5. The summed E-state index contributed by atoms with van der Waals surface area (Å²) in [7, 11) is 0. The summed E-state index contributed by atoms with van der Waals surface area (Å²) in [6.45, 7) is 0. The van der Waals surface area contributed by atoms with Crippen LogP contribution in [0.25, 0.3) is 0 Å². The molecule has 1 atom stereocenters. The zero-order chi connectivity index (χ0) is 13.1. The topological polar surface area (TPSA) is 86.2 Å². The van der Waals surface area contributed by atoms with Crippen LogP contribution in [0.1, 0.15) is 19.3 Å². The Morgan fingerprint density at radius 3 is 2.61 bits per heavy atom. The zero-order valence-electron chi connectivity index (χ0n) is 10.1. The first-order valence-electron chi connectivity index (χ1n) is 5.98. The quantitative estimate of drug-likeness (QED) is 0.733. The molecule has 4 N–H and O–H groups in total. The Morgan fingerprint density at radius 2 is 1.94 bits per heavy atom. The van der Waals surface area contributed by atoms with E-state index in [4.69, 9.17) is 11.5 Å².